The molecule has 4 heteroatoms. The molecular formula is C18H18O4. The zero-order chi connectivity index (χ0) is 15.4. The van der Waals surface area contributed by atoms with Crippen molar-refractivity contribution >= 4 is 5.78 Å². The highest BCUT2D eigenvalue weighted by molar-refractivity contribution is 6.09. The fourth-order valence-electron chi connectivity index (χ4n) is 2.09. The van der Waals surface area contributed by atoms with Crippen molar-refractivity contribution in [3.63, 3.8) is 0 Å². The Morgan fingerprint density at radius 3 is 1.95 bits per heavy atom. The predicted molar refractivity (Wildman–Crippen MR) is 82.7 cm³/mol. The van der Waals surface area contributed by atoms with E-state index in [1.54, 1.807) is 24.3 Å². The number of ether oxygens (including phenoxy) is 3. The van der Waals surface area contributed by atoms with Crippen LogP contribution in [0.1, 0.15) is 22.8 Å². The largest absolute Gasteiger partial charge is 0.494 e. The summed E-state index contributed by atoms with van der Waals surface area (Å²) >= 11 is 0. The second-order valence-corrected chi connectivity index (χ2v) is 5.08. The Morgan fingerprint density at radius 1 is 1.00 bits per heavy atom. The summed E-state index contributed by atoms with van der Waals surface area (Å²) in [6.45, 7) is 3.87. The third-order valence-corrected chi connectivity index (χ3v) is 3.38. The lowest BCUT2D eigenvalue weighted by atomic mass is 10.0. The standard InChI is InChI=1S/C18H18O4/c1-2-20-15-7-3-13(4-8-15)18(19)14-5-9-16(10-6-14)21-11-17-12-22-17/h3-10,17H,2,11-12H2,1H3. The van der Waals surface area contributed by atoms with E-state index in [1.807, 2.05) is 31.2 Å². The Labute approximate surface area is 129 Å². The number of epoxide rings is 1. The highest BCUT2D eigenvalue weighted by Gasteiger charge is 2.23. The number of hydrogen-bond acceptors (Lipinski definition) is 4. The normalized spacial score (nSPS) is 16.1. The van der Waals surface area contributed by atoms with Gasteiger partial charge in [-0.1, -0.05) is 0 Å². The molecule has 0 bridgehead atoms. The lowest BCUT2D eigenvalue weighted by molar-refractivity contribution is 0.103. The van der Waals surface area contributed by atoms with Gasteiger partial charge in [-0.25, -0.2) is 0 Å². The first-order chi connectivity index (χ1) is 10.8. The van der Waals surface area contributed by atoms with Crippen LogP contribution in [0.3, 0.4) is 0 Å². The van der Waals surface area contributed by atoms with Gasteiger partial charge in [-0.3, -0.25) is 4.79 Å². The van der Waals surface area contributed by atoms with Crippen molar-refractivity contribution in [1.82, 2.24) is 0 Å². The van der Waals surface area contributed by atoms with Crippen LogP contribution in [-0.4, -0.2) is 31.7 Å². The van der Waals surface area contributed by atoms with Crippen LogP contribution in [0.15, 0.2) is 48.5 Å². The van der Waals surface area contributed by atoms with Crippen molar-refractivity contribution in [2.24, 2.45) is 0 Å². The molecule has 4 nitrogen and oxygen atoms in total. The van der Waals surface area contributed by atoms with Gasteiger partial charge in [0.15, 0.2) is 5.78 Å². The van der Waals surface area contributed by atoms with Crippen LogP contribution in [0.2, 0.25) is 0 Å². The zero-order valence-electron chi connectivity index (χ0n) is 12.5. The third kappa shape index (κ3) is 3.65. The zero-order valence-corrected chi connectivity index (χ0v) is 12.5. The van der Waals surface area contributed by atoms with Gasteiger partial charge >= 0.3 is 0 Å². The second kappa shape index (κ2) is 6.62. The molecule has 1 aliphatic rings. The summed E-state index contributed by atoms with van der Waals surface area (Å²) in [6, 6.07) is 14.4. The van der Waals surface area contributed by atoms with Crippen molar-refractivity contribution in [3.05, 3.63) is 59.7 Å². The Morgan fingerprint density at radius 2 is 1.50 bits per heavy atom. The first-order valence-corrected chi connectivity index (χ1v) is 7.38. The molecule has 1 unspecified atom stereocenters. The molecule has 0 radical (unpaired) electrons. The molecule has 2 aromatic carbocycles. The first kappa shape index (κ1) is 14.6. The molecule has 0 aromatic heterocycles. The topological polar surface area (TPSA) is 48.1 Å². The van der Waals surface area contributed by atoms with E-state index in [9.17, 15) is 4.79 Å². The van der Waals surface area contributed by atoms with E-state index in [0.717, 1.165) is 18.1 Å². The summed E-state index contributed by atoms with van der Waals surface area (Å²) < 4.78 is 16.0. The van der Waals surface area contributed by atoms with Crippen LogP contribution in [0.5, 0.6) is 11.5 Å². The van der Waals surface area contributed by atoms with Crippen LogP contribution < -0.4 is 9.47 Å². The van der Waals surface area contributed by atoms with Gasteiger partial charge in [-0.05, 0) is 55.5 Å². The summed E-state index contributed by atoms with van der Waals surface area (Å²) in [5.41, 5.74) is 1.28. The minimum absolute atomic E-state index is 0.0138. The second-order valence-electron chi connectivity index (χ2n) is 5.08. The maximum absolute atomic E-state index is 12.4. The summed E-state index contributed by atoms with van der Waals surface area (Å²) in [7, 11) is 0. The van der Waals surface area contributed by atoms with Crippen LogP contribution in [0, 0.1) is 0 Å². The van der Waals surface area contributed by atoms with Crippen molar-refractivity contribution in [2.75, 3.05) is 19.8 Å². The molecule has 3 rings (SSSR count). The highest BCUT2D eigenvalue weighted by atomic mass is 16.6. The molecule has 0 amide bonds. The Bertz CT molecular complexity index is 627. The van der Waals surface area contributed by atoms with Crippen LogP contribution in [-0.2, 0) is 4.74 Å². The highest BCUT2D eigenvalue weighted by Crippen LogP contribution is 2.19. The van der Waals surface area contributed by atoms with Crippen molar-refractivity contribution < 1.29 is 19.0 Å². The molecule has 1 fully saturated rings. The van der Waals surface area contributed by atoms with Crippen LogP contribution in [0.4, 0.5) is 0 Å². The number of carbonyl (C=O) groups excluding carboxylic acids is 1. The molecular weight excluding hydrogens is 280 g/mol. The van der Waals surface area contributed by atoms with E-state index in [1.165, 1.54) is 0 Å². The van der Waals surface area contributed by atoms with Gasteiger partial charge in [0, 0.05) is 11.1 Å². The molecule has 1 heterocycles. The van der Waals surface area contributed by atoms with Gasteiger partial charge in [0.1, 0.15) is 24.2 Å². The lowest BCUT2D eigenvalue weighted by Crippen LogP contribution is -2.05. The molecule has 0 saturated carbocycles. The van der Waals surface area contributed by atoms with Gasteiger partial charge in [-0.2, -0.15) is 0 Å². The van der Waals surface area contributed by atoms with E-state index in [4.69, 9.17) is 14.2 Å². The summed E-state index contributed by atoms with van der Waals surface area (Å²) in [4.78, 5) is 12.4. The van der Waals surface area contributed by atoms with Gasteiger partial charge in [0.25, 0.3) is 0 Å². The van der Waals surface area contributed by atoms with E-state index >= 15 is 0 Å². The number of benzene rings is 2. The maximum atomic E-state index is 12.4. The molecule has 1 atom stereocenters. The van der Waals surface area contributed by atoms with Gasteiger partial charge in [0.2, 0.25) is 0 Å². The van der Waals surface area contributed by atoms with Crippen molar-refractivity contribution in [2.45, 2.75) is 13.0 Å². The Hall–Kier alpha value is -2.33. The lowest BCUT2D eigenvalue weighted by Gasteiger charge is -2.06. The maximum Gasteiger partial charge on any atom is 0.193 e. The Balaban J connectivity index is 1.65. The number of ketones is 1. The third-order valence-electron chi connectivity index (χ3n) is 3.38. The Kier molecular flexibility index (Phi) is 4.39. The monoisotopic (exact) mass is 298 g/mol. The average molecular weight is 298 g/mol. The van der Waals surface area contributed by atoms with E-state index < -0.39 is 0 Å². The van der Waals surface area contributed by atoms with Gasteiger partial charge in [0.05, 0.1) is 13.2 Å². The van der Waals surface area contributed by atoms with Gasteiger partial charge < -0.3 is 14.2 Å². The van der Waals surface area contributed by atoms with Crippen molar-refractivity contribution in [3.8, 4) is 11.5 Å². The molecule has 1 saturated heterocycles. The fourth-order valence-corrected chi connectivity index (χ4v) is 2.09. The number of carbonyl (C=O) groups is 1. The first-order valence-electron chi connectivity index (χ1n) is 7.38. The number of hydrogen-bond donors (Lipinski definition) is 0. The predicted octanol–water partition coefficient (Wildman–Crippen LogP) is 3.09. The minimum Gasteiger partial charge on any atom is -0.494 e. The molecule has 0 aliphatic carbocycles. The van der Waals surface area contributed by atoms with E-state index in [-0.39, 0.29) is 11.9 Å². The summed E-state index contributed by atoms with van der Waals surface area (Å²) in [5.74, 6) is 1.50. The SMILES string of the molecule is CCOc1ccc(C(=O)c2ccc(OCC3CO3)cc2)cc1. The van der Waals surface area contributed by atoms with E-state index in [0.29, 0.717) is 24.3 Å². The number of rotatable bonds is 7. The van der Waals surface area contributed by atoms with Crippen molar-refractivity contribution in [1.29, 1.82) is 0 Å². The van der Waals surface area contributed by atoms with Gasteiger partial charge in [-0.15, -0.1) is 0 Å². The summed E-state index contributed by atoms with van der Waals surface area (Å²) in [6.07, 6.45) is 0.227. The fraction of sp³-hybridized carbons (Fsp3) is 0.278. The summed E-state index contributed by atoms with van der Waals surface area (Å²) in [5, 5.41) is 0. The van der Waals surface area contributed by atoms with E-state index in [2.05, 4.69) is 0 Å². The molecule has 0 N–H and O–H groups in total. The molecule has 1 aliphatic heterocycles. The van der Waals surface area contributed by atoms with Crippen LogP contribution in [0.25, 0.3) is 0 Å². The molecule has 2 aromatic rings. The molecule has 114 valence electrons. The smallest absolute Gasteiger partial charge is 0.193 e. The minimum atomic E-state index is -0.0138. The molecule has 22 heavy (non-hydrogen) atoms. The average Bonchev–Trinajstić information content (AvgIpc) is 3.38. The van der Waals surface area contributed by atoms with Crippen LogP contribution >= 0.6 is 0 Å². The molecule has 0 spiro atoms. The quantitative estimate of drug-likeness (QED) is 0.582.